The number of carbonyl (C=O) groups excluding carboxylic acids is 4. The number of anilines is 3. The Morgan fingerprint density at radius 2 is 1.62 bits per heavy atom. The number of carbonyl (C=O) groups is 4. The van der Waals surface area contributed by atoms with Crippen molar-refractivity contribution in [1.82, 2.24) is 15.1 Å². The number of rotatable bonds is 7. The number of hydrogen-bond acceptors (Lipinski definition) is 9. The number of nitrogens with zero attached hydrogens (tertiary/aromatic N) is 6. The summed E-state index contributed by atoms with van der Waals surface area (Å²) in [5.41, 5.74) is 3.63. The maximum Gasteiger partial charge on any atom is 1.00 e. The van der Waals surface area contributed by atoms with E-state index < -0.39 is 29.7 Å². The van der Waals surface area contributed by atoms with Crippen LogP contribution in [0.5, 0.6) is 0 Å². The van der Waals surface area contributed by atoms with Crippen LogP contribution in [-0.2, 0) is 9.59 Å². The second-order valence-electron chi connectivity index (χ2n) is 15.0. The molecule has 0 saturated carbocycles. The third-order valence-electron chi connectivity index (χ3n) is 11.5. The smallest absolute Gasteiger partial charge is 0.369 e. The molecule has 14 heteroatoms. The first kappa shape index (κ1) is 41.2. The van der Waals surface area contributed by atoms with E-state index in [4.69, 9.17) is 16.9 Å². The fourth-order valence-electron chi connectivity index (χ4n) is 8.21. The summed E-state index contributed by atoms with van der Waals surface area (Å²) < 4.78 is 15.3. The standard InChI is InChI=1S/C35H41FN6O4.C7H3ClN.Li/c1-3-10-35(2)11-13-40(14-12-35)29-7-5-24(20-28(29)36)38-15-17-39(18-16-38)25-21-41(22-25)23-4-6-26-27(19-23)34(46)42(33(26)45)30-8-9-31(43)37-32(30)44;8-7-4-2-1-3-6(7)5-9;/h3-7,19-20,25,30H,2,8-18,21-22H2,1H3,(H,37,43,44);1,3-4H;/q-2;-1;+1. The second kappa shape index (κ2) is 17.4. The summed E-state index contributed by atoms with van der Waals surface area (Å²) in [6.07, 6.45) is 5.34. The second-order valence-corrected chi connectivity index (χ2v) is 15.4. The number of nitriles is 1. The summed E-state index contributed by atoms with van der Waals surface area (Å²) in [5.74, 6) is -2.15. The first-order chi connectivity index (χ1) is 26.5. The van der Waals surface area contributed by atoms with E-state index in [-0.39, 0.29) is 48.5 Å². The van der Waals surface area contributed by atoms with Gasteiger partial charge < -0.3 is 28.0 Å². The van der Waals surface area contributed by atoms with E-state index in [1.165, 1.54) is 0 Å². The summed E-state index contributed by atoms with van der Waals surface area (Å²) in [7, 11) is 0. The topological polar surface area (TPSA) is 120 Å². The summed E-state index contributed by atoms with van der Waals surface area (Å²) in [5, 5.41) is 11.1. The van der Waals surface area contributed by atoms with Gasteiger partial charge in [0.05, 0.1) is 22.9 Å². The molecule has 4 amide bonds. The third-order valence-corrected chi connectivity index (χ3v) is 11.8. The van der Waals surface area contributed by atoms with Crippen LogP contribution < -0.4 is 38.9 Å². The van der Waals surface area contributed by atoms with Crippen molar-refractivity contribution in [2.24, 2.45) is 5.41 Å². The number of amides is 4. The van der Waals surface area contributed by atoms with E-state index in [9.17, 15) is 19.2 Å². The van der Waals surface area contributed by atoms with Gasteiger partial charge in [-0.1, -0.05) is 17.9 Å². The molecule has 0 spiro atoms. The van der Waals surface area contributed by atoms with Gasteiger partial charge in [-0.3, -0.25) is 34.3 Å². The molecule has 4 fully saturated rings. The summed E-state index contributed by atoms with van der Waals surface area (Å²) in [6, 6.07) is 19.9. The Morgan fingerprint density at radius 1 is 0.946 bits per heavy atom. The van der Waals surface area contributed by atoms with Gasteiger partial charge in [-0.2, -0.15) is 53.5 Å². The van der Waals surface area contributed by atoms with Crippen molar-refractivity contribution in [3.63, 3.8) is 0 Å². The molecule has 1 unspecified atom stereocenters. The summed E-state index contributed by atoms with van der Waals surface area (Å²) >= 11 is 5.57. The number of nitrogens with one attached hydrogen (secondary N) is 1. The Labute approximate surface area is 344 Å². The average Bonchev–Trinajstić information content (AvgIpc) is 3.40. The molecule has 8 rings (SSSR count). The number of piperazine rings is 1. The van der Waals surface area contributed by atoms with Crippen molar-refractivity contribution in [1.29, 1.82) is 5.26 Å². The van der Waals surface area contributed by atoms with Crippen LogP contribution in [0.2, 0.25) is 5.02 Å². The summed E-state index contributed by atoms with van der Waals surface area (Å²) in [6.45, 7) is 13.2. The van der Waals surface area contributed by atoms with Crippen molar-refractivity contribution < 1.29 is 42.4 Å². The van der Waals surface area contributed by atoms with Gasteiger partial charge in [0.2, 0.25) is 11.8 Å². The molecule has 56 heavy (non-hydrogen) atoms. The Kier molecular flexibility index (Phi) is 12.8. The molecule has 4 saturated heterocycles. The minimum absolute atomic E-state index is 0. The van der Waals surface area contributed by atoms with E-state index in [1.54, 1.807) is 36.4 Å². The van der Waals surface area contributed by atoms with Gasteiger partial charge in [-0.25, -0.2) is 10.8 Å². The largest absolute Gasteiger partial charge is 1.00 e. The maximum absolute atomic E-state index is 15.3. The molecule has 0 aromatic heterocycles. The average molecular weight is 772 g/mol. The molecular weight excluding hydrogens is 728 g/mol. The zero-order chi connectivity index (χ0) is 38.9. The predicted molar refractivity (Wildman–Crippen MR) is 208 cm³/mol. The van der Waals surface area contributed by atoms with E-state index in [0.29, 0.717) is 27.9 Å². The molecule has 5 heterocycles. The van der Waals surface area contributed by atoms with Crippen molar-refractivity contribution >= 4 is 52.3 Å². The molecule has 5 aliphatic rings. The SMILES string of the molecule is N#Cc1cc[c-]cc1Cl.[CH2-]C1(C[CH-]C)CCN(c2ccc(N3CCN(C4CN(c5ccc6c(c5)C(=O)N(C5CCC(=O)NC5=O)C6=O)C4)CC3)cc2F)CC1.[Li+]. The van der Waals surface area contributed by atoms with Crippen LogP contribution in [0.1, 0.15) is 65.3 Å². The summed E-state index contributed by atoms with van der Waals surface area (Å²) in [4.78, 5) is 60.2. The maximum atomic E-state index is 15.3. The Balaban J connectivity index is 0.000000470. The molecule has 0 radical (unpaired) electrons. The molecule has 3 aromatic carbocycles. The normalized spacial score (nSPS) is 21.0. The first-order valence-electron chi connectivity index (χ1n) is 18.8. The van der Waals surface area contributed by atoms with Gasteiger partial charge in [0.25, 0.3) is 11.8 Å². The fourth-order valence-corrected chi connectivity index (χ4v) is 8.38. The minimum atomic E-state index is -0.969. The molecule has 1 N–H and O–H groups in total. The van der Waals surface area contributed by atoms with Gasteiger partial charge in [0.1, 0.15) is 11.9 Å². The molecule has 3 aromatic rings. The number of benzene rings is 3. The van der Waals surface area contributed by atoms with Crippen LogP contribution in [0, 0.1) is 42.0 Å². The van der Waals surface area contributed by atoms with Crippen molar-refractivity contribution in [2.45, 2.75) is 51.1 Å². The van der Waals surface area contributed by atoms with Gasteiger partial charge in [0.15, 0.2) is 0 Å². The van der Waals surface area contributed by atoms with Crippen molar-refractivity contribution in [2.75, 3.05) is 67.1 Å². The van der Waals surface area contributed by atoms with Crippen molar-refractivity contribution in [3.05, 3.63) is 102 Å². The molecule has 5 aliphatic heterocycles. The minimum Gasteiger partial charge on any atom is -0.369 e. The predicted octanol–water partition coefficient (Wildman–Crippen LogP) is 2.29. The van der Waals surface area contributed by atoms with Crippen LogP contribution in [-0.4, -0.2) is 97.9 Å². The number of piperidine rings is 2. The molecule has 288 valence electrons. The van der Waals surface area contributed by atoms with Crippen LogP contribution in [0.15, 0.2) is 54.6 Å². The van der Waals surface area contributed by atoms with Gasteiger partial charge in [-0.15, -0.1) is 0 Å². The quantitative estimate of drug-likeness (QED) is 0.219. The van der Waals surface area contributed by atoms with E-state index >= 15 is 4.39 Å². The van der Waals surface area contributed by atoms with E-state index in [2.05, 4.69) is 51.3 Å². The van der Waals surface area contributed by atoms with Gasteiger partial charge >= 0.3 is 18.9 Å². The molecular formula is C42H44ClFLiN7O4-2. The first-order valence-corrected chi connectivity index (χ1v) is 19.2. The van der Waals surface area contributed by atoms with Crippen LogP contribution >= 0.6 is 11.6 Å². The molecule has 1 atom stereocenters. The van der Waals surface area contributed by atoms with Gasteiger partial charge in [-0.05, 0) is 48.4 Å². The molecule has 0 aliphatic carbocycles. The number of fused-ring (bicyclic) bond motifs is 1. The van der Waals surface area contributed by atoms with Gasteiger partial charge in [0, 0.05) is 76.2 Å². The Hall–Kier alpha value is -4.39. The van der Waals surface area contributed by atoms with E-state index in [0.717, 1.165) is 87.9 Å². The third kappa shape index (κ3) is 8.47. The van der Waals surface area contributed by atoms with Crippen LogP contribution in [0.4, 0.5) is 21.5 Å². The molecule has 11 nitrogen and oxygen atoms in total. The van der Waals surface area contributed by atoms with Crippen LogP contribution in [0.3, 0.4) is 0 Å². The number of hydrogen-bond donors (Lipinski definition) is 1. The Morgan fingerprint density at radius 3 is 2.25 bits per heavy atom. The monoisotopic (exact) mass is 771 g/mol. The van der Waals surface area contributed by atoms with Crippen molar-refractivity contribution in [3.8, 4) is 6.07 Å². The zero-order valence-electron chi connectivity index (χ0n) is 31.9. The molecule has 0 bridgehead atoms. The zero-order valence-corrected chi connectivity index (χ0v) is 32.7. The number of imide groups is 2. The Bertz CT molecular complexity index is 2020. The van der Waals surface area contributed by atoms with E-state index in [1.807, 2.05) is 24.3 Å². The fraction of sp³-hybridized carbons (Fsp3) is 0.405. The number of halogens is 2. The van der Waals surface area contributed by atoms with Crippen LogP contribution in [0.25, 0.3) is 0 Å².